The van der Waals surface area contributed by atoms with E-state index >= 15 is 0 Å². The number of carbonyl (C=O) groups excluding carboxylic acids is 6. The molecule has 0 aromatic carbocycles. The summed E-state index contributed by atoms with van der Waals surface area (Å²) in [5.74, 6) is -4.23. The van der Waals surface area contributed by atoms with Crippen LogP contribution in [0.4, 0.5) is 0 Å². The highest BCUT2D eigenvalue weighted by atomic mass is 32.2. The van der Waals surface area contributed by atoms with E-state index in [2.05, 4.69) is 59.7 Å². The molecule has 0 saturated carbocycles. The smallest absolute Gasteiger partial charge is 0.349 e. The number of thiol groups is 3. The maximum absolute atomic E-state index is 14.2. The molecule has 416 valence electrons. The molecule has 0 spiro atoms. The maximum Gasteiger partial charge on any atom is 0.349 e. The van der Waals surface area contributed by atoms with Gasteiger partial charge in [-0.05, 0) is 111 Å². The fourth-order valence-corrected chi connectivity index (χ4v) is 13.5. The molecule has 3 saturated heterocycles. The highest BCUT2D eigenvalue weighted by Crippen LogP contribution is 2.44. The summed E-state index contributed by atoms with van der Waals surface area (Å²) < 4.78 is 17.3. The summed E-state index contributed by atoms with van der Waals surface area (Å²) in [7, 11) is 0. The number of thioether (sulfide) groups is 3. The Morgan fingerprint density at radius 2 is 0.873 bits per heavy atom. The van der Waals surface area contributed by atoms with Gasteiger partial charge in [-0.15, -0.1) is 0 Å². The first kappa shape index (κ1) is 62.5. The molecule has 24 heteroatoms. The lowest BCUT2D eigenvalue weighted by Crippen LogP contribution is -2.31. The van der Waals surface area contributed by atoms with Crippen molar-refractivity contribution in [2.45, 2.75) is 77.0 Å². The number of esters is 3. The highest BCUT2D eigenvalue weighted by molar-refractivity contribution is 8.14. The number of hydrogen-bond donors (Lipinski definition) is 3. The number of allylic oxidation sites excluding steroid dienone is 8. The second kappa shape index (κ2) is 31.3. The molecule has 3 heterocycles. The molecule has 0 aromatic rings. The van der Waals surface area contributed by atoms with Crippen LogP contribution < -0.4 is 0 Å². The van der Waals surface area contributed by atoms with Gasteiger partial charge in [-0.1, -0.05) is 35.3 Å². The van der Waals surface area contributed by atoms with Gasteiger partial charge in [0.1, 0.15) is 48.6 Å². The summed E-state index contributed by atoms with van der Waals surface area (Å²) in [6.45, 7) is 18.0. The standard InChI is InChI=1S/C55H61N9O9S6/c1-60-48-40(23-37(55(70)79-20-17-76)26-47(48)64-13-7-8-14-64)49(61-2)52(67)73-33-34(31-71-50(65)43(29-58)38-21-35(53(68)77-18-15-74)24-45(41(38)27-56)62-9-3-4-10-62)32-72-51(66)44(30-59)39-22-36(54(69)78-19-16-75)25-46(42(39)28-57)63-11-5-6-12-63/h34-37,74-76H,3-26,31-33H2/b43-38+,44-39+,49-40-. The van der Waals surface area contributed by atoms with E-state index in [0.29, 0.717) is 90.9 Å². The van der Waals surface area contributed by atoms with E-state index < -0.39 is 78.2 Å². The Balaban J connectivity index is 1.36. The number of likely N-dealkylation sites (tertiary alicyclic amines) is 3. The van der Waals surface area contributed by atoms with E-state index in [-0.39, 0.29) is 87.4 Å². The first-order valence-corrected chi connectivity index (χ1v) is 31.0. The second-order valence-electron chi connectivity index (χ2n) is 19.4. The van der Waals surface area contributed by atoms with Gasteiger partial charge in [-0.3, -0.25) is 19.2 Å². The van der Waals surface area contributed by atoms with Crippen LogP contribution in [-0.2, 0) is 43.0 Å². The molecule has 0 amide bonds. The molecule has 18 nitrogen and oxygen atoms in total. The first-order chi connectivity index (χ1) is 38.3. The number of nitriles is 4. The van der Waals surface area contributed by atoms with Crippen molar-refractivity contribution in [3.05, 3.63) is 90.3 Å². The van der Waals surface area contributed by atoms with Crippen LogP contribution in [0.25, 0.3) is 9.69 Å². The summed E-state index contributed by atoms with van der Waals surface area (Å²) in [4.78, 5) is 96.6. The van der Waals surface area contributed by atoms with Crippen molar-refractivity contribution in [2.75, 3.05) is 93.6 Å². The number of nitrogens with zero attached hydrogens (tertiary/aromatic N) is 9. The zero-order valence-corrected chi connectivity index (χ0v) is 48.8. The Hall–Kier alpha value is -5.70. The van der Waals surface area contributed by atoms with E-state index in [1.165, 1.54) is 0 Å². The van der Waals surface area contributed by atoms with Gasteiger partial charge in [0, 0.05) is 91.4 Å². The predicted octanol–water partition coefficient (Wildman–Crippen LogP) is 7.82. The van der Waals surface area contributed by atoms with Crippen LogP contribution in [0.2, 0.25) is 0 Å². The van der Waals surface area contributed by atoms with Crippen LogP contribution in [0.1, 0.15) is 77.0 Å². The number of ether oxygens (including phenoxy) is 3. The van der Waals surface area contributed by atoms with Crippen LogP contribution in [0.5, 0.6) is 0 Å². The van der Waals surface area contributed by atoms with Gasteiger partial charge in [-0.25, -0.2) is 19.3 Å². The molecule has 0 radical (unpaired) electrons. The zero-order valence-electron chi connectivity index (χ0n) is 43.7. The van der Waals surface area contributed by atoms with Gasteiger partial charge in [-0.2, -0.15) is 58.9 Å². The number of hydrogen-bond acceptors (Lipinski definition) is 22. The first-order valence-electron chi connectivity index (χ1n) is 26.1. The third-order valence-electron chi connectivity index (χ3n) is 14.4. The van der Waals surface area contributed by atoms with Gasteiger partial charge >= 0.3 is 17.9 Å². The largest absolute Gasteiger partial charge is 0.470 e. The topological polar surface area (TPSA) is 244 Å². The molecular formula is C55H61N9O9S6. The normalized spacial score (nSPS) is 22.6. The molecule has 0 N–H and O–H groups in total. The number of carbonyl (C=O) groups is 6. The molecule has 3 unspecified atom stereocenters. The molecule has 3 aliphatic carbocycles. The Bertz CT molecular complexity index is 2570. The van der Waals surface area contributed by atoms with Gasteiger partial charge < -0.3 is 28.9 Å². The van der Waals surface area contributed by atoms with Crippen molar-refractivity contribution in [1.29, 1.82) is 21.0 Å². The lowest BCUT2D eigenvalue weighted by Gasteiger charge is -2.32. The summed E-state index contributed by atoms with van der Waals surface area (Å²) in [6.07, 6.45) is 5.51. The third kappa shape index (κ3) is 15.8. The minimum atomic E-state index is -1.26. The summed E-state index contributed by atoms with van der Waals surface area (Å²) in [5.41, 5.74) is 0.437. The third-order valence-corrected chi connectivity index (χ3v) is 19.0. The molecular weight excluding hydrogens is 1120 g/mol. The molecule has 3 atom stereocenters. The van der Waals surface area contributed by atoms with Crippen molar-refractivity contribution in [1.82, 2.24) is 14.7 Å². The van der Waals surface area contributed by atoms with Crippen LogP contribution >= 0.6 is 73.2 Å². The molecule has 6 rings (SSSR count). The van der Waals surface area contributed by atoms with Gasteiger partial charge in [0.25, 0.3) is 5.70 Å². The Morgan fingerprint density at radius 1 is 0.532 bits per heavy atom. The minimum absolute atomic E-state index is 0.0363. The van der Waals surface area contributed by atoms with Crippen molar-refractivity contribution >= 4 is 106 Å². The maximum atomic E-state index is 14.2. The van der Waals surface area contributed by atoms with E-state index in [1.54, 1.807) is 0 Å². The fraction of sp³-hybridized carbons (Fsp3) is 0.564. The van der Waals surface area contributed by atoms with E-state index in [1.807, 2.05) is 26.8 Å². The Kier molecular flexibility index (Phi) is 24.8. The SMILES string of the molecule is [C-]#[N+]C1=C(N2CCCC2)CC(C(=O)SCCS)C/C1=C(/[N+]#[C-])C(=O)OCC(COC(=O)/C(C#N)=C1\CC(C(=O)SCCS)CC(N2CCCC2)=C1C#N)COC(=O)/C(C#N)=C1\CC(C(=O)SCCS)CC(N2CCCC2)=C1C#N. The highest BCUT2D eigenvalue weighted by Gasteiger charge is 2.40. The van der Waals surface area contributed by atoms with Crippen molar-refractivity contribution in [3.8, 4) is 24.3 Å². The summed E-state index contributed by atoms with van der Waals surface area (Å²) >= 11 is 16.0. The zero-order chi connectivity index (χ0) is 57.0. The van der Waals surface area contributed by atoms with E-state index in [4.69, 9.17) is 27.4 Å². The predicted molar refractivity (Wildman–Crippen MR) is 309 cm³/mol. The minimum Gasteiger partial charge on any atom is -0.470 e. The summed E-state index contributed by atoms with van der Waals surface area (Å²) in [5, 5.41) is 41.8. The lowest BCUT2D eigenvalue weighted by molar-refractivity contribution is -0.148. The van der Waals surface area contributed by atoms with Crippen LogP contribution in [-0.4, -0.2) is 142 Å². The van der Waals surface area contributed by atoms with Crippen molar-refractivity contribution < 1.29 is 43.0 Å². The summed E-state index contributed by atoms with van der Waals surface area (Å²) in [6, 6.07) is 8.15. The van der Waals surface area contributed by atoms with E-state index in [0.717, 1.165) is 73.8 Å². The van der Waals surface area contributed by atoms with Gasteiger partial charge in [0.05, 0.1) is 36.8 Å². The molecule has 3 aliphatic heterocycles. The quantitative estimate of drug-likeness (QED) is 0.0248. The molecule has 0 bridgehead atoms. The van der Waals surface area contributed by atoms with E-state index in [9.17, 15) is 49.8 Å². The molecule has 79 heavy (non-hydrogen) atoms. The Labute approximate surface area is 490 Å². The molecule has 3 fully saturated rings. The average molecular weight is 1180 g/mol. The van der Waals surface area contributed by atoms with Gasteiger partial charge in [0.15, 0.2) is 21.0 Å². The van der Waals surface area contributed by atoms with Crippen LogP contribution in [0, 0.1) is 82.1 Å². The number of rotatable bonds is 21. The average Bonchev–Trinajstić information content (AvgIpc) is 4.33. The van der Waals surface area contributed by atoms with Crippen molar-refractivity contribution in [2.24, 2.45) is 23.7 Å². The van der Waals surface area contributed by atoms with Crippen LogP contribution in [0.3, 0.4) is 0 Å². The lowest BCUT2D eigenvalue weighted by atomic mass is 9.81. The molecule has 0 aromatic heterocycles. The molecule has 6 aliphatic rings. The monoisotopic (exact) mass is 1180 g/mol. The van der Waals surface area contributed by atoms with Gasteiger partial charge in [0.2, 0.25) is 0 Å². The van der Waals surface area contributed by atoms with Crippen LogP contribution in [0.15, 0.2) is 67.5 Å². The fourth-order valence-electron chi connectivity index (χ4n) is 10.6. The van der Waals surface area contributed by atoms with Crippen molar-refractivity contribution in [3.63, 3.8) is 0 Å². The Morgan fingerprint density at radius 3 is 1.20 bits per heavy atom. The second-order valence-corrected chi connectivity index (χ2v) is 24.0.